The number of rotatable bonds is 9. The van der Waals surface area contributed by atoms with Crippen molar-refractivity contribution in [2.75, 3.05) is 10.2 Å². The SMILES string of the molecule is CC(C)c1ccc(N2C(=O)CC(Sc3ccc(NC(=O)/C(=C/c4cccc5ccccc45)NC(=O)c4ccccc4)cc3)C2=O)cc1. The van der Waals surface area contributed by atoms with Crippen molar-refractivity contribution < 1.29 is 19.2 Å². The van der Waals surface area contributed by atoms with E-state index in [4.69, 9.17) is 0 Å². The molecule has 6 rings (SSSR count). The van der Waals surface area contributed by atoms with Crippen molar-refractivity contribution >= 4 is 63.6 Å². The van der Waals surface area contributed by atoms with E-state index in [1.165, 1.54) is 16.7 Å². The summed E-state index contributed by atoms with van der Waals surface area (Å²) >= 11 is 1.32. The predicted molar refractivity (Wildman–Crippen MR) is 188 cm³/mol. The van der Waals surface area contributed by atoms with Crippen LogP contribution in [0.4, 0.5) is 11.4 Å². The summed E-state index contributed by atoms with van der Waals surface area (Å²) in [6.45, 7) is 4.19. The number of nitrogens with one attached hydrogen (secondary N) is 2. The third-order valence-electron chi connectivity index (χ3n) is 7.97. The molecule has 5 aromatic rings. The van der Waals surface area contributed by atoms with Crippen molar-refractivity contribution in [3.05, 3.63) is 144 Å². The van der Waals surface area contributed by atoms with Gasteiger partial charge in [-0.05, 0) is 82.4 Å². The molecular formula is C39H33N3O4S. The van der Waals surface area contributed by atoms with Crippen molar-refractivity contribution in [1.29, 1.82) is 0 Å². The van der Waals surface area contributed by atoms with Crippen molar-refractivity contribution in [1.82, 2.24) is 5.32 Å². The molecule has 0 aromatic heterocycles. The molecule has 1 aliphatic heterocycles. The number of fused-ring (bicyclic) bond motifs is 1. The molecule has 1 saturated heterocycles. The molecule has 0 saturated carbocycles. The topological polar surface area (TPSA) is 95.6 Å². The highest BCUT2D eigenvalue weighted by Crippen LogP contribution is 2.35. The molecule has 47 heavy (non-hydrogen) atoms. The van der Waals surface area contributed by atoms with Crippen LogP contribution in [0.3, 0.4) is 0 Å². The van der Waals surface area contributed by atoms with Gasteiger partial charge in [0.25, 0.3) is 11.8 Å². The van der Waals surface area contributed by atoms with Gasteiger partial charge < -0.3 is 10.6 Å². The van der Waals surface area contributed by atoms with Gasteiger partial charge in [0.05, 0.1) is 10.9 Å². The number of benzene rings is 5. The third-order valence-corrected chi connectivity index (χ3v) is 9.16. The van der Waals surface area contributed by atoms with Crippen LogP contribution in [-0.2, 0) is 14.4 Å². The molecular weight excluding hydrogens is 607 g/mol. The smallest absolute Gasteiger partial charge is 0.272 e. The van der Waals surface area contributed by atoms with Gasteiger partial charge in [0.1, 0.15) is 5.70 Å². The van der Waals surface area contributed by atoms with E-state index in [0.717, 1.165) is 26.8 Å². The van der Waals surface area contributed by atoms with Crippen LogP contribution in [0.5, 0.6) is 0 Å². The Labute approximate surface area is 277 Å². The zero-order valence-electron chi connectivity index (χ0n) is 26.0. The minimum absolute atomic E-state index is 0.0882. The zero-order valence-corrected chi connectivity index (χ0v) is 26.8. The maximum absolute atomic E-state index is 13.6. The van der Waals surface area contributed by atoms with Crippen LogP contribution in [0.2, 0.25) is 0 Å². The molecule has 1 fully saturated rings. The minimum Gasteiger partial charge on any atom is -0.321 e. The van der Waals surface area contributed by atoms with Crippen LogP contribution in [0, 0.1) is 0 Å². The van der Waals surface area contributed by atoms with E-state index in [-0.39, 0.29) is 23.9 Å². The van der Waals surface area contributed by atoms with Crippen molar-refractivity contribution in [2.24, 2.45) is 0 Å². The monoisotopic (exact) mass is 639 g/mol. The normalized spacial score (nSPS) is 14.9. The summed E-state index contributed by atoms with van der Waals surface area (Å²) in [6, 6.07) is 37.0. The predicted octanol–water partition coefficient (Wildman–Crippen LogP) is 7.80. The first-order valence-corrected chi connectivity index (χ1v) is 16.3. The lowest BCUT2D eigenvalue weighted by atomic mass is 10.0. The number of carbonyl (C=O) groups is 4. The minimum atomic E-state index is -0.545. The maximum Gasteiger partial charge on any atom is 0.272 e. The summed E-state index contributed by atoms with van der Waals surface area (Å²) < 4.78 is 0. The summed E-state index contributed by atoms with van der Waals surface area (Å²) in [4.78, 5) is 54.8. The number of imide groups is 1. The Bertz CT molecular complexity index is 1980. The molecule has 0 radical (unpaired) electrons. The van der Waals surface area contributed by atoms with Gasteiger partial charge in [-0.3, -0.25) is 19.2 Å². The quantitative estimate of drug-likeness (QED) is 0.127. The molecule has 2 N–H and O–H groups in total. The molecule has 1 atom stereocenters. The first-order valence-electron chi connectivity index (χ1n) is 15.4. The lowest BCUT2D eigenvalue weighted by molar-refractivity contribution is -0.121. The molecule has 8 heteroatoms. The van der Waals surface area contributed by atoms with Crippen LogP contribution in [0.1, 0.15) is 47.7 Å². The molecule has 0 aliphatic carbocycles. The fourth-order valence-electron chi connectivity index (χ4n) is 5.43. The van der Waals surface area contributed by atoms with E-state index < -0.39 is 17.1 Å². The Morgan fingerprint density at radius 2 is 1.49 bits per heavy atom. The third kappa shape index (κ3) is 7.18. The van der Waals surface area contributed by atoms with Crippen molar-refractivity contribution in [3.63, 3.8) is 0 Å². The number of nitrogens with zero attached hydrogens (tertiary/aromatic N) is 1. The molecule has 1 unspecified atom stereocenters. The molecule has 1 aliphatic rings. The Morgan fingerprint density at radius 3 is 2.21 bits per heavy atom. The lowest BCUT2D eigenvalue weighted by Crippen LogP contribution is -2.31. The van der Waals surface area contributed by atoms with Gasteiger partial charge in [-0.2, -0.15) is 0 Å². The number of anilines is 2. The molecule has 234 valence electrons. The van der Waals surface area contributed by atoms with Crippen LogP contribution in [0.25, 0.3) is 16.8 Å². The van der Waals surface area contributed by atoms with Gasteiger partial charge in [-0.15, -0.1) is 11.8 Å². The number of amides is 4. The molecule has 1 heterocycles. The molecule has 4 amide bonds. The van der Waals surface area contributed by atoms with Crippen LogP contribution < -0.4 is 15.5 Å². The first kappa shape index (κ1) is 31.5. The second-order valence-electron chi connectivity index (χ2n) is 11.5. The average Bonchev–Trinajstić information content (AvgIpc) is 3.37. The van der Waals surface area contributed by atoms with Crippen LogP contribution >= 0.6 is 11.8 Å². The first-order chi connectivity index (χ1) is 22.8. The zero-order chi connectivity index (χ0) is 32.9. The largest absolute Gasteiger partial charge is 0.321 e. The van der Waals surface area contributed by atoms with E-state index in [0.29, 0.717) is 22.9 Å². The van der Waals surface area contributed by atoms with Gasteiger partial charge in [-0.1, -0.05) is 86.6 Å². The second kappa shape index (κ2) is 13.9. The Kier molecular flexibility index (Phi) is 9.31. The Morgan fingerprint density at radius 1 is 0.809 bits per heavy atom. The molecule has 0 spiro atoms. The standard InChI is InChI=1S/C39H33N3O4S/c1-25(2)26-15-19-31(20-16-26)42-36(43)24-35(39(42)46)47-32-21-17-30(18-22-32)40-38(45)34(41-37(44)28-10-4-3-5-11-28)23-29-13-8-12-27-9-6-7-14-33(27)29/h3-23,25,35H,24H2,1-2H3,(H,40,45)(H,41,44)/b34-23-. The Hall–Kier alpha value is -5.47. The van der Waals surface area contributed by atoms with Gasteiger partial charge in [0.15, 0.2) is 0 Å². The van der Waals surface area contributed by atoms with E-state index in [1.54, 1.807) is 54.6 Å². The number of hydrogen-bond acceptors (Lipinski definition) is 5. The van der Waals surface area contributed by atoms with Crippen molar-refractivity contribution in [3.8, 4) is 0 Å². The van der Waals surface area contributed by atoms with Gasteiger partial charge in [0.2, 0.25) is 11.8 Å². The lowest BCUT2D eigenvalue weighted by Gasteiger charge is -2.16. The maximum atomic E-state index is 13.6. The van der Waals surface area contributed by atoms with Crippen molar-refractivity contribution in [2.45, 2.75) is 36.3 Å². The highest BCUT2D eigenvalue weighted by Gasteiger charge is 2.40. The Balaban J connectivity index is 1.17. The van der Waals surface area contributed by atoms with Crippen LogP contribution in [0.15, 0.2) is 132 Å². The molecule has 7 nitrogen and oxygen atoms in total. The van der Waals surface area contributed by atoms with E-state index in [1.807, 2.05) is 72.8 Å². The summed E-state index contributed by atoms with van der Waals surface area (Å²) in [5.74, 6) is -1.01. The number of hydrogen-bond donors (Lipinski definition) is 2. The van der Waals surface area contributed by atoms with Gasteiger partial charge >= 0.3 is 0 Å². The summed E-state index contributed by atoms with van der Waals surface area (Å²) in [7, 11) is 0. The van der Waals surface area contributed by atoms with E-state index in [9.17, 15) is 19.2 Å². The fraction of sp³-hybridized carbons (Fsp3) is 0.128. The van der Waals surface area contributed by atoms with Gasteiger partial charge in [-0.25, -0.2) is 4.90 Å². The number of thioether (sulfide) groups is 1. The van der Waals surface area contributed by atoms with Crippen LogP contribution in [-0.4, -0.2) is 28.9 Å². The molecule has 5 aromatic carbocycles. The summed E-state index contributed by atoms with van der Waals surface area (Å²) in [5.41, 5.74) is 3.53. The van der Waals surface area contributed by atoms with E-state index in [2.05, 4.69) is 24.5 Å². The second-order valence-corrected chi connectivity index (χ2v) is 12.8. The molecule has 0 bridgehead atoms. The fourth-order valence-corrected chi connectivity index (χ4v) is 6.48. The number of carbonyl (C=O) groups excluding carboxylic acids is 4. The highest BCUT2D eigenvalue weighted by molar-refractivity contribution is 8.00. The summed E-state index contributed by atoms with van der Waals surface area (Å²) in [6.07, 6.45) is 1.78. The summed E-state index contributed by atoms with van der Waals surface area (Å²) in [5, 5.41) is 7.09. The van der Waals surface area contributed by atoms with E-state index >= 15 is 0 Å². The average molecular weight is 640 g/mol. The van der Waals surface area contributed by atoms with Gasteiger partial charge in [0, 0.05) is 22.6 Å². The highest BCUT2D eigenvalue weighted by atomic mass is 32.2.